The van der Waals surface area contributed by atoms with Crippen molar-refractivity contribution in [2.75, 3.05) is 19.6 Å². The van der Waals surface area contributed by atoms with Gasteiger partial charge in [-0.3, -0.25) is 4.79 Å². The molecule has 1 aliphatic rings. The van der Waals surface area contributed by atoms with Crippen molar-refractivity contribution >= 4 is 28.5 Å². The Kier molecular flexibility index (Phi) is 4.16. The second kappa shape index (κ2) is 5.48. The Labute approximate surface area is 118 Å². The maximum absolute atomic E-state index is 13.9. The summed E-state index contributed by atoms with van der Waals surface area (Å²) in [6.07, 6.45) is 0. The smallest absolute Gasteiger partial charge is 0.260 e. The molecule has 1 heterocycles. The summed E-state index contributed by atoms with van der Waals surface area (Å²) in [5, 5.41) is 3.13. The topological polar surface area (TPSA) is 32.3 Å². The molecule has 1 atom stereocenters. The van der Waals surface area contributed by atoms with Gasteiger partial charge >= 0.3 is 0 Å². The third-order valence-electron chi connectivity index (χ3n) is 3.02. The maximum atomic E-state index is 13.9. The number of carbonyl (C=O) groups excluding carboxylic acids is 1. The Morgan fingerprint density at radius 3 is 2.89 bits per heavy atom. The third-order valence-corrected chi connectivity index (χ3v) is 3.85. The first kappa shape index (κ1) is 13.7. The van der Waals surface area contributed by atoms with Crippen LogP contribution in [0.5, 0.6) is 0 Å². The molecule has 1 aliphatic heterocycles. The van der Waals surface area contributed by atoms with Crippen LogP contribution in [-0.2, 0) is 0 Å². The normalized spacial score (nSPS) is 20.0. The SMILES string of the molecule is C[C@@H]1CNCCN1C(=O)c1c(F)ccc(I)c1F. The minimum atomic E-state index is -0.802. The highest BCUT2D eigenvalue weighted by Gasteiger charge is 2.29. The molecular weight excluding hydrogens is 353 g/mol. The van der Waals surface area contributed by atoms with Crippen molar-refractivity contribution in [3.8, 4) is 0 Å². The number of hydrogen-bond acceptors (Lipinski definition) is 2. The Morgan fingerprint density at radius 2 is 2.22 bits per heavy atom. The van der Waals surface area contributed by atoms with Crippen LogP contribution in [0.2, 0.25) is 0 Å². The monoisotopic (exact) mass is 366 g/mol. The Balaban J connectivity index is 2.36. The lowest BCUT2D eigenvalue weighted by Gasteiger charge is -2.34. The summed E-state index contributed by atoms with van der Waals surface area (Å²) in [6, 6.07) is 2.39. The molecule has 0 radical (unpaired) electrons. The van der Waals surface area contributed by atoms with E-state index in [1.807, 2.05) is 6.92 Å². The third kappa shape index (κ3) is 2.49. The fourth-order valence-electron chi connectivity index (χ4n) is 2.01. The Morgan fingerprint density at radius 1 is 1.50 bits per heavy atom. The predicted molar refractivity (Wildman–Crippen MR) is 72.4 cm³/mol. The summed E-state index contributed by atoms with van der Waals surface area (Å²) in [7, 11) is 0. The molecule has 6 heteroatoms. The number of carbonyl (C=O) groups is 1. The first-order valence-electron chi connectivity index (χ1n) is 5.67. The molecule has 1 fully saturated rings. The molecule has 3 nitrogen and oxygen atoms in total. The minimum Gasteiger partial charge on any atom is -0.333 e. The van der Waals surface area contributed by atoms with Gasteiger partial charge in [0.15, 0.2) is 5.82 Å². The highest BCUT2D eigenvalue weighted by atomic mass is 127. The van der Waals surface area contributed by atoms with Crippen molar-refractivity contribution in [1.29, 1.82) is 0 Å². The molecule has 1 amide bonds. The lowest BCUT2D eigenvalue weighted by atomic mass is 10.1. The number of nitrogens with zero attached hydrogens (tertiary/aromatic N) is 1. The first-order valence-corrected chi connectivity index (χ1v) is 6.75. The number of nitrogens with one attached hydrogen (secondary N) is 1. The van der Waals surface area contributed by atoms with Crippen LogP contribution in [0, 0.1) is 15.2 Å². The Bertz CT molecular complexity index is 481. The van der Waals surface area contributed by atoms with E-state index in [1.54, 1.807) is 22.6 Å². The summed E-state index contributed by atoms with van der Waals surface area (Å²) < 4.78 is 27.8. The van der Waals surface area contributed by atoms with Crippen LogP contribution in [0.3, 0.4) is 0 Å². The zero-order chi connectivity index (χ0) is 13.3. The Hall–Kier alpha value is -0.760. The van der Waals surface area contributed by atoms with Crippen LogP contribution in [0.1, 0.15) is 17.3 Å². The molecule has 0 spiro atoms. The molecule has 1 aromatic rings. The summed E-state index contributed by atoms with van der Waals surface area (Å²) in [5.41, 5.74) is -0.448. The van der Waals surface area contributed by atoms with Crippen molar-refractivity contribution in [2.24, 2.45) is 0 Å². The van der Waals surface area contributed by atoms with Gasteiger partial charge in [0.2, 0.25) is 0 Å². The number of benzene rings is 1. The van der Waals surface area contributed by atoms with Crippen LogP contribution in [0.25, 0.3) is 0 Å². The van der Waals surface area contributed by atoms with E-state index in [0.717, 1.165) is 6.07 Å². The van der Waals surface area contributed by atoms with Crippen LogP contribution >= 0.6 is 22.6 Å². The van der Waals surface area contributed by atoms with E-state index in [-0.39, 0.29) is 9.61 Å². The van der Waals surface area contributed by atoms with E-state index in [9.17, 15) is 13.6 Å². The van der Waals surface area contributed by atoms with E-state index in [2.05, 4.69) is 5.32 Å². The highest BCUT2D eigenvalue weighted by molar-refractivity contribution is 14.1. The summed E-state index contributed by atoms with van der Waals surface area (Å²) in [6.45, 7) is 3.60. The standard InChI is InChI=1S/C12H13F2IN2O/c1-7-6-16-4-5-17(7)12(18)10-8(13)2-3-9(15)11(10)14/h2-3,7,16H,4-6H2,1H3/t7-/m1/s1. The first-order chi connectivity index (χ1) is 8.52. The lowest BCUT2D eigenvalue weighted by molar-refractivity contribution is 0.0645. The molecule has 0 aromatic heterocycles. The van der Waals surface area contributed by atoms with Crippen LogP contribution in [-0.4, -0.2) is 36.5 Å². The zero-order valence-corrected chi connectivity index (χ0v) is 12.0. The van der Waals surface area contributed by atoms with Crippen molar-refractivity contribution < 1.29 is 13.6 Å². The molecule has 0 saturated carbocycles. The van der Waals surface area contributed by atoms with Crippen molar-refractivity contribution in [1.82, 2.24) is 10.2 Å². The predicted octanol–water partition coefficient (Wildman–Crippen LogP) is 2.00. The fourth-order valence-corrected chi connectivity index (χ4v) is 2.46. The summed E-state index contributed by atoms with van der Waals surface area (Å²) in [5.74, 6) is -2.15. The molecular formula is C12H13F2IN2O. The van der Waals surface area contributed by atoms with E-state index < -0.39 is 23.1 Å². The van der Waals surface area contributed by atoms with Gasteiger partial charge in [0.05, 0.1) is 0 Å². The number of rotatable bonds is 1. The van der Waals surface area contributed by atoms with Gasteiger partial charge in [-0.05, 0) is 41.6 Å². The van der Waals surface area contributed by atoms with Crippen LogP contribution in [0.4, 0.5) is 8.78 Å². The van der Waals surface area contributed by atoms with Gasteiger partial charge in [-0.1, -0.05) is 0 Å². The molecule has 98 valence electrons. The summed E-state index contributed by atoms with van der Waals surface area (Å²) >= 11 is 1.75. The minimum absolute atomic E-state index is 0.0667. The number of hydrogen-bond donors (Lipinski definition) is 1. The van der Waals surface area contributed by atoms with Gasteiger partial charge in [-0.25, -0.2) is 8.78 Å². The molecule has 2 rings (SSSR count). The molecule has 0 bridgehead atoms. The number of amides is 1. The largest absolute Gasteiger partial charge is 0.333 e. The highest BCUT2D eigenvalue weighted by Crippen LogP contribution is 2.21. The summed E-state index contributed by atoms with van der Waals surface area (Å²) in [4.78, 5) is 13.7. The van der Waals surface area contributed by atoms with Gasteiger partial charge in [0, 0.05) is 29.2 Å². The van der Waals surface area contributed by atoms with Crippen molar-refractivity contribution in [2.45, 2.75) is 13.0 Å². The fraction of sp³-hybridized carbons (Fsp3) is 0.417. The maximum Gasteiger partial charge on any atom is 0.260 e. The zero-order valence-electron chi connectivity index (χ0n) is 9.84. The lowest BCUT2D eigenvalue weighted by Crippen LogP contribution is -2.52. The van der Waals surface area contributed by atoms with Gasteiger partial charge < -0.3 is 10.2 Å². The van der Waals surface area contributed by atoms with E-state index in [0.29, 0.717) is 19.6 Å². The number of piperazine rings is 1. The van der Waals surface area contributed by atoms with E-state index >= 15 is 0 Å². The molecule has 0 unspecified atom stereocenters. The van der Waals surface area contributed by atoms with Gasteiger partial charge in [-0.15, -0.1) is 0 Å². The number of halogens is 3. The second-order valence-corrected chi connectivity index (χ2v) is 5.43. The van der Waals surface area contributed by atoms with Gasteiger partial charge in [-0.2, -0.15) is 0 Å². The molecule has 18 heavy (non-hydrogen) atoms. The molecule has 1 N–H and O–H groups in total. The van der Waals surface area contributed by atoms with E-state index in [4.69, 9.17) is 0 Å². The van der Waals surface area contributed by atoms with Gasteiger partial charge in [0.25, 0.3) is 5.91 Å². The van der Waals surface area contributed by atoms with E-state index in [1.165, 1.54) is 11.0 Å². The average Bonchev–Trinajstić information content (AvgIpc) is 2.35. The molecule has 1 aromatic carbocycles. The second-order valence-electron chi connectivity index (χ2n) is 4.27. The molecule has 1 saturated heterocycles. The van der Waals surface area contributed by atoms with Crippen LogP contribution in [0.15, 0.2) is 12.1 Å². The van der Waals surface area contributed by atoms with Crippen molar-refractivity contribution in [3.05, 3.63) is 32.9 Å². The van der Waals surface area contributed by atoms with Crippen LogP contribution < -0.4 is 5.32 Å². The van der Waals surface area contributed by atoms with Crippen molar-refractivity contribution in [3.63, 3.8) is 0 Å². The average molecular weight is 366 g/mol. The molecule has 0 aliphatic carbocycles. The quantitative estimate of drug-likeness (QED) is 0.609. The van der Waals surface area contributed by atoms with Gasteiger partial charge in [0.1, 0.15) is 11.4 Å².